The van der Waals surface area contributed by atoms with Crippen LogP contribution < -0.4 is 20.1 Å². The van der Waals surface area contributed by atoms with Crippen LogP contribution in [0, 0.1) is 0 Å². The maximum Gasteiger partial charge on any atom is 0.191 e. The van der Waals surface area contributed by atoms with Gasteiger partial charge in [0.25, 0.3) is 0 Å². The van der Waals surface area contributed by atoms with Crippen LogP contribution in [0.2, 0.25) is 0 Å². The molecule has 0 bridgehead atoms. The van der Waals surface area contributed by atoms with E-state index in [9.17, 15) is 0 Å². The molecule has 0 amide bonds. The summed E-state index contributed by atoms with van der Waals surface area (Å²) < 4.78 is 11.7. The molecule has 0 radical (unpaired) electrons. The molecule has 3 rings (SSSR count). The molecule has 1 aromatic carbocycles. The quantitative estimate of drug-likeness (QED) is 0.260. The van der Waals surface area contributed by atoms with E-state index in [1.165, 1.54) is 12.8 Å². The molecule has 150 valence electrons. The predicted molar refractivity (Wildman–Crippen MR) is 121 cm³/mol. The number of guanidine groups is 1. The Kier molecular flexibility index (Phi) is 9.24. The van der Waals surface area contributed by atoms with Gasteiger partial charge in [0.15, 0.2) is 5.96 Å². The lowest BCUT2D eigenvalue weighted by Gasteiger charge is -2.18. The van der Waals surface area contributed by atoms with E-state index in [-0.39, 0.29) is 24.0 Å². The third kappa shape index (κ3) is 6.59. The molecule has 1 fully saturated rings. The fourth-order valence-electron chi connectivity index (χ4n) is 3.50. The zero-order chi connectivity index (χ0) is 18.2. The Hall–Kier alpha value is -1.44. The monoisotopic (exact) mass is 485 g/mol. The molecule has 2 aliphatic carbocycles. The second-order valence-corrected chi connectivity index (χ2v) is 6.98. The Bertz CT molecular complexity index is 634. The fraction of sp³-hybridized carbons (Fsp3) is 0.571. The lowest BCUT2D eigenvalue weighted by Crippen LogP contribution is -2.42. The number of hydrogen-bond donors (Lipinski definition) is 2. The summed E-state index contributed by atoms with van der Waals surface area (Å²) >= 11 is 0. The van der Waals surface area contributed by atoms with Gasteiger partial charge < -0.3 is 20.1 Å². The molecule has 0 aliphatic heterocycles. The van der Waals surface area contributed by atoms with Gasteiger partial charge in [0.05, 0.1) is 19.8 Å². The Balaban J connectivity index is 0.00000261. The van der Waals surface area contributed by atoms with Crippen molar-refractivity contribution in [1.82, 2.24) is 10.6 Å². The highest BCUT2D eigenvalue weighted by Gasteiger charge is 2.18. The SMILES string of the molecule is CCNC(=NCc1ccc(OC)cc1OC1CCCC1)NC1CC=CC1.I. The second kappa shape index (κ2) is 11.4. The first-order chi connectivity index (χ1) is 12.8. The van der Waals surface area contributed by atoms with Gasteiger partial charge in [-0.15, -0.1) is 24.0 Å². The minimum Gasteiger partial charge on any atom is -0.497 e. The van der Waals surface area contributed by atoms with E-state index < -0.39 is 0 Å². The minimum absolute atomic E-state index is 0. The van der Waals surface area contributed by atoms with Gasteiger partial charge >= 0.3 is 0 Å². The number of nitrogens with one attached hydrogen (secondary N) is 2. The van der Waals surface area contributed by atoms with Crippen LogP contribution in [0.3, 0.4) is 0 Å². The number of rotatable bonds is 7. The Morgan fingerprint density at radius 3 is 2.59 bits per heavy atom. The number of benzene rings is 1. The van der Waals surface area contributed by atoms with Gasteiger partial charge in [0.1, 0.15) is 11.5 Å². The molecule has 2 aliphatic rings. The van der Waals surface area contributed by atoms with Crippen molar-refractivity contribution < 1.29 is 9.47 Å². The molecule has 0 spiro atoms. The van der Waals surface area contributed by atoms with Crippen molar-refractivity contribution in [2.45, 2.75) is 64.1 Å². The number of ether oxygens (including phenoxy) is 2. The normalized spacial score (nSPS) is 17.6. The summed E-state index contributed by atoms with van der Waals surface area (Å²) in [6, 6.07) is 6.48. The van der Waals surface area contributed by atoms with Gasteiger partial charge in [-0.3, -0.25) is 0 Å². The summed E-state index contributed by atoms with van der Waals surface area (Å²) in [6.07, 6.45) is 11.7. The lowest BCUT2D eigenvalue weighted by molar-refractivity contribution is 0.207. The first-order valence-electron chi connectivity index (χ1n) is 9.82. The zero-order valence-corrected chi connectivity index (χ0v) is 18.7. The molecular weight excluding hydrogens is 453 g/mol. The van der Waals surface area contributed by atoms with Crippen molar-refractivity contribution in [3.8, 4) is 11.5 Å². The number of nitrogens with zero attached hydrogens (tertiary/aromatic N) is 1. The van der Waals surface area contributed by atoms with Crippen LogP contribution in [0.25, 0.3) is 0 Å². The largest absolute Gasteiger partial charge is 0.497 e. The number of aliphatic imine (C=N–C) groups is 1. The molecule has 1 saturated carbocycles. The molecular formula is C21H32IN3O2. The van der Waals surface area contributed by atoms with Crippen molar-refractivity contribution in [2.75, 3.05) is 13.7 Å². The van der Waals surface area contributed by atoms with E-state index in [0.29, 0.717) is 18.7 Å². The van der Waals surface area contributed by atoms with Crippen LogP contribution >= 0.6 is 24.0 Å². The molecule has 0 heterocycles. The smallest absolute Gasteiger partial charge is 0.191 e. The van der Waals surface area contributed by atoms with E-state index in [1.54, 1.807) is 7.11 Å². The Morgan fingerprint density at radius 1 is 1.19 bits per heavy atom. The van der Waals surface area contributed by atoms with E-state index in [0.717, 1.165) is 55.3 Å². The summed E-state index contributed by atoms with van der Waals surface area (Å²) in [7, 11) is 1.69. The summed E-state index contributed by atoms with van der Waals surface area (Å²) in [4.78, 5) is 4.78. The van der Waals surface area contributed by atoms with E-state index in [2.05, 4.69) is 35.8 Å². The summed E-state index contributed by atoms with van der Waals surface area (Å²) in [6.45, 7) is 3.52. The van der Waals surface area contributed by atoms with Crippen molar-refractivity contribution in [2.24, 2.45) is 4.99 Å². The Labute approximate surface area is 180 Å². The van der Waals surface area contributed by atoms with Gasteiger partial charge in [0.2, 0.25) is 0 Å². The molecule has 5 nitrogen and oxygen atoms in total. The van der Waals surface area contributed by atoms with Crippen LogP contribution in [-0.2, 0) is 6.54 Å². The third-order valence-corrected chi connectivity index (χ3v) is 4.97. The maximum atomic E-state index is 6.27. The molecule has 2 N–H and O–H groups in total. The lowest BCUT2D eigenvalue weighted by atomic mass is 10.2. The highest BCUT2D eigenvalue weighted by atomic mass is 127. The van der Waals surface area contributed by atoms with Crippen molar-refractivity contribution in [1.29, 1.82) is 0 Å². The van der Waals surface area contributed by atoms with Gasteiger partial charge in [-0.25, -0.2) is 4.99 Å². The van der Waals surface area contributed by atoms with E-state index >= 15 is 0 Å². The van der Waals surface area contributed by atoms with Gasteiger partial charge in [-0.2, -0.15) is 0 Å². The van der Waals surface area contributed by atoms with Gasteiger partial charge in [0, 0.05) is 24.2 Å². The minimum atomic E-state index is 0. The van der Waals surface area contributed by atoms with Crippen molar-refractivity contribution in [3.63, 3.8) is 0 Å². The number of hydrogen-bond acceptors (Lipinski definition) is 3. The topological polar surface area (TPSA) is 54.9 Å². The second-order valence-electron chi connectivity index (χ2n) is 6.98. The van der Waals surface area contributed by atoms with Crippen molar-refractivity contribution in [3.05, 3.63) is 35.9 Å². The van der Waals surface area contributed by atoms with Crippen LogP contribution in [-0.4, -0.2) is 31.8 Å². The maximum absolute atomic E-state index is 6.27. The fourth-order valence-corrected chi connectivity index (χ4v) is 3.50. The van der Waals surface area contributed by atoms with Crippen molar-refractivity contribution >= 4 is 29.9 Å². The molecule has 1 aromatic rings. The van der Waals surface area contributed by atoms with Crippen LogP contribution in [0.5, 0.6) is 11.5 Å². The highest BCUT2D eigenvalue weighted by molar-refractivity contribution is 14.0. The van der Waals surface area contributed by atoms with Crippen LogP contribution in [0.15, 0.2) is 35.3 Å². The van der Waals surface area contributed by atoms with Gasteiger partial charge in [-0.05, 0) is 57.6 Å². The molecule has 0 aromatic heterocycles. The van der Waals surface area contributed by atoms with Gasteiger partial charge in [-0.1, -0.05) is 12.2 Å². The standard InChI is InChI=1S/C21H31N3O2.HI/c1-3-22-21(24-17-8-4-5-9-17)23-15-16-12-13-19(25-2)14-20(16)26-18-10-6-7-11-18;/h4-5,12-14,17-18H,3,6-11,15H2,1-2H3,(H2,22,23,24);1H. The third-order valence-electron chi connectivity index (χ3n) is 4.97. The van der Waals surface area contributed by atoms with E-state index in [4.69, 9.17) is 14.5 Å². The molecule has 0 saturated heterocycles. The van der Waals surface area contributed by atoms with Crippen LogP contribution in [0.1, 0.15) is 51.0 Å². The summed E-state index contributed by atoms with van der Waals surface area (Å²) in [5, 5.41) is 6.85. The highest BCUT2D eigenvalue weighted by Crippen LogP contribution is 2.30. The first-order valence-corrected chi connectivity index (χ1v) is 9.82. The first kappa shape index (κ1) is 21.9. The number of methoxy groups -OCH3 is 1. The molecule has 0 atom stereocenters. The molecule has 27 heavy (non-hydrogen) atoms. The van der Waals surface area contributed by atoms with E-state index in [1.807, 2.05) is 12.1 Å². The molecule has 0 unspecified atom stereocenters. The average Bonchev–Trinajstić information content (AvgIpc) is 3.34. The van der Waals surface area contributed by atoms with Crippen LogP contribution in [0.4, 0.5) is 0 Å². The zero-order valence-electron chi connectivity index (χ0n) is 16.4. The average molecular weight is 485 g/mol. The Morgan fingerprint density at radius 2 is 1.93 bits per heavy atom. The summed E-state index contributed by atoms with van der Waals surface area (Å²) in [5.41, 5.74) is 1.10. The number of halogens is 1. The summed E-state index contributed by atoms with van der Waals surface area (Å²) in [5.74, 6) is 2.59. The predicted octanol–water partition coefficient (Wildman–Crippen LogP) is 4.41. The molecule has 6 heteroatoms.